The molecule has 1 amide bonds. The highest BCUT2D eigenvalue weighted by atomic mass is 16.5. The lowest BCUT2D eigenvalue weighted by Crippen LogP contribution is -2.41. The van der Waals surface area contributed by atoms with Gasteiger partial charge < -0.3 is 15.0 Å². The fraction of sp³-hybridized carbons (Fsp3) is 0.405. The van der Waals surface area contributed by atoms with Gasteiger partial charge in [0.2, 0.25) is 5.91 Å². The number of nitrogens with one attached hydrogen (secondary N) is 2. The first-order valence-electron chi connectivity index (χ1n) is 15.6. The van der Waals surface area contributed by atoms with Gasteiger partial charge in [-0.25, -0.2) is 4.98 Å². The summed E-state index contributed by atoms with van der Waals surface area (Å²) in [6, 6.07) is 31.9. The maximum absolute atomic E-state index is 12.4. The van der Waals surface area contributed by atoms with E-state index in [0.717, 1.165) is 54.6 Å². The molecule has 1 heterocycles. The summed E-state index contributed by atoms with van der Waals surface area (Å²) in [6.07, 6.45) is 8.92. The number of aromatic nitrogens is 2. The smallest absolute Gasteiger partial charge is 0.217 e. The van der Waals surface area contributed by atoms with Gasteiger partial charge in [-0.2, -0.15) is 0 Å². The quantitative estimate of drug-likeness (QED) is 0.163. The van der Waals surface area contributed by atoms with E-state index in [-0.39, 0.29) is 23.8 Å². The second-order valence-electron chi connectivity index (χ2n) is 11.9. The Hall–Kier alpha value is -3.70. The van der Waals surface area contributed by atoms with Crippen molar-refractivity contribution < 1.29 is 9.53 Å². The average molecular weight is 564 g/mol. The molecule has 0 saturated heterocycles. The van der Waals surface area contributed by atoms with Crippen LogP contribution in [0.5, 0.6) is 0 Å². The van der Waals surface area contributed by atoms with Crippen LogP contribution in [0.2, 0.25) is 0 Å². The monoisotopic (exact) mass is 563 g/mol. The van der Waals surface area contributed by atoms with Crippen molar-refractivity contribution in [1.29, 1.82) is 0 Å². The molecular formula is C37H45N3O2. The number of carbonyl (C=O) groups is 1. The molecule has 1 aliphatic carbocycles. The summed E-state index contributed by atoms with van der Waals surface area (Å²) < 4.78 is 7.25. The number of imidazole rings is 1. The van der Waals surface area contributed by atoms with Gasteiger partial charge in [0, 0.05) is 31.3 Å². The molecule has 5 heteroatoms. The molecule has 5 rings (SSSR count). The predicted molar refractivity (Wildman–Crippen MR) is 169 cm³/mol. The Bertz CT molecular complexity index is 1260. The number of aromatic amines is 1. The molecule has 1 aliphatic rings. The molecular weight excluding hydrogens is 518 g/mol. The number of rotatable bonds is 13. The second kappa shape index (κ2) is 14.0. The fourth-order valence-electron chi connectivity index (χ4n) is 7.15. The van der Waals surface area contributed by atoms with E-state index in [0.29, 0.717) is 18.4 Å². The van der Waals surface area contributed by atoms with Crippen LogP contribution in [0.3, 0.4) is 0 Å². The number of ether oxygens (including phenoxy) is 1. The number of hydrogen-bond acceptors (Lipinski definition) is 3. The lowest BCUT2D eigenvalue weighted by atomic mass is 9.80. The van der Waals surface area contributed by atoms with Crippen LogP contribution in [0, 0.1) is 17.8 Å². The Morgan fingerprint density at radius 3 is 1.90 bits per heavy atom. The van der Waals surface area contributed by atoms with Crippen molar-refractivity contribution in [2.45, 2.75) is 70.4 Å². The van der Waals surface area contributed by atoms with Gasteiger partial charge in [0.15, 0.2) is 0 Å². The summed E-state index contributed by atoms with van der Waals surface area (Å²) in [7, 11) is 0. The topological polar surface area (TPSA) is 67.0 Å². The zero-order valence-corrected chi connectivity index (χ0v) is 25.2. The van der Waals surface area contributed by atoms with Crippen LogP contribution >= 0.6 is 0 Å². The molecule has 42 heavy (non-hydrogen) atoms. The first-order valence-corrected chi connectivity index (χ1v) is 15.6. The third kappa shape index (κ3) is 6.52. The van der Waals surface area contributed by atoms with Crippen molar-refractivity contribution in [3.05, 3.63) is 126 Å². The minimum atomic E-state index is -0.741. The number of H-pyrrole nitrogens is 1. The number of hydrogen-bond donors (Lipinski definition) is 2. The molecule has 4 atom stereocenters. The van der Waals surface area contributed by atoms with Crippen LogP contribution in [0.15, 0.2) is 103 Å². The minimum Gasteiger partial charge on any atom is -0.361 e. The van der Waals surface area contributed by atoms with Gasteiger partial charge in [0.1, 0.15) is 11.4 Å². The highest BCUT2D eigenvalue weighted by molar-refractivity contribution is 5.73. The van der Waals surface area contributed by atoms with E-state index in [4.69, 9.17) is 9.72 Å². The molecule has 2 N–H and O–H groups in total. The van der Waals surface area contributed by atoms with Gasteiger partial charge in [-0.1, -0.05) is 118 Å². The van der Waals surface area contributed by atoms with Crippen LogP contribution < -0.4 is 5.32 Å². The summed E-state index contributed by atoms with van der Waals surface area (Å²) in [5, 5.41) is 3.36. The summed E-state index contributed by atoms with van der Waals surface area (Å²) >= 11 is 0. The Labute approximate surface area is 251 Å². The van der Waals surface area contributed by atoms with Gasteiger partial charge in [0.05, 0.1) is 6.61 Å². The Balaban J connectivity index is 1.49. The highest BCUT2D eigenvalue weighted by Gasteiger charge is 2.44. The summed E-state index contributed by atoms with van der Waals surface area (Å²) in [5.41, 5.74) is 2.60. The van der Waals surface area contributed by atoms with E-state index in [1.54, 1.807) is 6.92 Å². The van der Waals surface area contributed by atoms with E-state index in [2.05, 4.69) is 115 Å². The summed E-state index contributed by atoms with van der Waals surface area (Å²) in [4.78, 5) is 20.5. The average Bonchev–Trinajstić information content (AvgIpc) is 3.72. The number of amides is 1. The molecule has 3 unspecified atom stereocenters. The third-order valence-electron chi connectivity index (χ3n) is 9.30. The first-order chi connectivity index (χ1) is 20.5. The second-order valence-corrected chi connectivity index (χ2v) is 11.9. The van der Waals surface area contributed by atoms with Crippen molar-refractivity contribution in [2.75, 3.05) is 6.61 Å². The summed E-state index contributed by atoms with van der Waals surface area (Å²) in [6.45, 7) is 6.75. The maximum atomic E-state index is 12.4. The van der Waals surface area contributed by atoms with Crippen LogP contribution in [-0.2, 0) is 15.1 Å². The van der Waals surface area contributed by atoms with Crippen LogP contribution in [0.25, 0.3) is 0 Å². The van der Waals surface area contributed by atoms with Crippen LogP contribution in [-0.4, -0.2) is 28.5 Å². The van der Waals surface area contributed by atoms with Gasteiger partial charge >= 0.3 is 0 Å². The van der Waals surface area contributed by atoms with Crippen molar-refractivity contribution >= 4 is 5.91 Å². The maximum Gasteiger partial charge on any atom is 0.217 e. The van der Waals surface area contributed by atoms with Gasteiger partial charge in [-0.15, -0.1) is 0 Å². The summed E-state index contributed by atoms with van der Waals surface area (Å²) in [5.74, 6) is 2.48. The normalized spacial score (nSPS) is 19.6. The molecule has 4 aromatic rings. The van der Waals surface area contributed by atoms with Gasteiger partial charge in [-0.3, -0.25) is 4.79 Å². The molecule has 220 valence electrons. The largest absolute Gasteiger partial charge is 0.361 e. The third-order valence-corrected chi connectivity index (χ3v) is 9.30. The zero-order valence-electron chi connectivity index (χ0n) is 25.2. The van der Waals surface area contributed by atoms with E-state index in [9.17, 15) is 4.79 Å². The van der Waals surface area contributed by atoms with Crippen LogP contribution in [0.4, 0.5) is 0 Å². The number of carbonyl (C=O) groups excluding carboxylic acids is 1. The molecule has 0 spiro atoms. The molecule has 0 aliphatic heterocycles. The van der Waals surface area contributed by atoms with Gasteiger partial charge in [0.25, 0.3) is 0 Å². The lowest BCUT2D eigenvalue weighted by molar-refractivity contribution is -0.120. The first kappa shape index (κ1) is 29.8. The van der Waals surface area contributed by atoms with E-state index >= 15 is 0 Å². The Morgan fingerprint density at radius 1 is 0.905 bits per heavy atom. The van der Waals surface area contributed by atoms with E-state index in [1.807, 2.05) is 12.4 Å². The van der Waals surface area contributed by atoms with Crippen molar-refractivity contribution in [3.63, 3.8) is 0 Å². The van der Waals surface area contributed by atoms with Crippen molar-refractivity contribution in [1.82, 2.24) is 15.3 Å². The Kier molecular flexibility index (Phi) is 9.91. The molecule has 1 fully saturated rings. The molecule has 1 aromatic heterocycles. The molecule has 0 radical (unpaired) electrons. The molecule has 1 saturated carbocycles. The molecule has 3 aromatic carbocycles. The van der Waals surface area contributed by atoms with E-state index < -0.39 is 5.60 Å². The highest BCUT2D eigenvalue weighted by Crippen LogP contribution is 2.47. The van der Waals surface area contributed by atoms with E-state index in [1.165, 1.54) is 0 Å². The minimum absolute atomic E-state index is 0.0418. The van der Waals surface area contributed by atoms with Crippen molar-refractivity contribution in [2.24, 2.45) is 17.8 Å². The number of nitrogens with zero attached hydrogens (tertiary/aromatic N) is 1. The fourth-order valence-corrected chi connectivity index (χ4v) is 7.15. The SMILES string of the molecule is CCC(CC)C[C@H](NC(C)=O)C1CC(COC(c2ccccc2)(c2ccccc2)c2ccccc2)CC1c1ncc[nH]1. The van der Waals surface area contributed by atoms with Crippen LogP contribution in [0.1, 0.15) is 81.3 Å². The van der Waals surface area contributed by atoms with Crippen molar-refractivity contribution in [3.8, 4) is 0 Å². The standard InChI is InChI=1S/C37H45N3O2/c1-4-28(5-2)25-35(40-27(3)41)33-23-29(24-34(33)36-38-21-22-39-36)26-42-37(30-15-9-6-10-16-30,31-17-11-7-12-18-31)32-19-13-8-14-20-32/h6-22,28-29,33-35H,4-5,23-26H2,1-3H3,(H,38,39)(H,40,41)/t29?,33?,34?,35-/m0/s1. The Morgan fingerprint density at radius 2 is 1.45 bits per heavy atom. The molecule has 0 bridgehead atoms. The molecule has 5 nitrogen and oxygen atoms in total. The van der Waals surface area contributed by atoms with Gasteiger partial charge in [-0.05, 0) is 53.7 Å². The lowest BCUT2D eigenvalue weighted by Gasteiger charge is -2.37. The zero-order chi connectivity index (χ0) is 29.4. The predicted octanol–water partition coefficient (Wildman–Crippen LogP) is 7.86. The number of benzene rings is 3.